The minimum absolute atomic E-state index is 0.0893. The summed E-state index contributed by atoms with van der Waals surface area (Å²) in [5.41, 5.74) is 2.62. The molecule has 2 heteroatoms. The number of carbonyl (C=O) groups excluding carboxylic acids is 1. The average Bonchev–Trinajstić information content (AvgIpc) is 2.32. The van der Waals surface area contributed by atoms with Crippen molar-refractivity contribution in [3.8, 4) is 0 Å². The molecule has 1 amide bonds. The highest BCUT2D eigenvalue weighted by Gasteiger charge is 2.26. The van der Waals surface area contributed by atoms with Crippen molar-refractivity contribution >= 4 is 5.91 Å². The van der Waals surface area contributed by atoms with Gasteiger partial charge in [0.1, 0.15) is 0 Å². The fraction of sp³-hybridized carbons (Fsp3) is 0.357. The molecule has 2 rings (SSSR count). The molecule has 0 bridgehead atoms. The first-order valence-electron chi connectivity index (χ1n) is 5.73. The number of rotatable bonds is 2. The van der Waals surface area contributed by atoms with Crippen LogP contribution in [0.15, 0.2) is 36.9 Å². The van der Waals surface area contributed by atoms with Gasteiger partial charge in [0.05, 0.1) is 6.04 Å². The fourth-order valence-corrected chi connectivity index (χ4v) is 2.35. The molecule has 16 heavy (non-hydrogen) atoms. The lowest BCUT2D eigenvalue weighted by molar-refractivity contribution is -0.117. The van der Waals surface area contributed by atoms with Gasteiger partial charge in [-0.25, -0.2) is 0 Å². The van der Waals surface area contributed by atoms with Crippen LogP contribution in [0.2, 0.25) is 0 Å². The first kappa shape index (κ1) is 10.9. The highest BCUT2D eigenvalue weighted by molar-refractivity contribution is 5.87. The Kier molecular flexibility index (Phi) is 3.09. The monoisotopic (exact) mass is 215 g/mol. The number of hydrogen-bond donors (Lipinski definition) is 1. The molecule has 1 N–H and O–H groups in total. The molecule has 1 aliphatic rings. The van der Waals surface area contributed by atoms with Crippen molar-refractivity contribution < 1.29 is 4.79 Å². The Bertz CT molecular complexity index is 411. The zero-order chi connectivity index (χ0) is 11.5. The van der Waals surface area contributed by atoms with E-state index < -0.39 is 0 Å². The number of fused-ring (bicyclic) bond motifs is 1. The van der Waals surface area contributed by atoms with Gasteiger partial charge >= 0.3 is 0 Å². The third-order valence-corrected chi connectivity index (χ3v) is 3.31. The van der Waals surface area contributed by atoms with Crippen LogP contribution in [-0.2, 0) is 11.2 Å². The van der Waals surface area contributed by atoms with Crippen LogP contribution < -0.4 is 5.32 Å². The number of nitrogens with one attached hydrogen (secondary N) is 1. The number of hydrogen-bond acceptors (Lipinski definition) is 1. The minimum atomic E-state index is -0.0893. The van der Waals surface area contributed by atoms with E-state index in [1.807, 2.05) is 6.07 Å². The third-order valence-electron chi connectivity index (χ3n) is 3.31. The van der Waals surface area contributed by atoms with E-state index in [0.717, 1.165) is 12.8 Å². The highest BCUT2D eigenvalue weighted by Crippen LogP contribution is 2.33. The quantitative estimate of drug-likeness (QED) is 0.755. The topological polar surface area (TPSA) is 29.1 Å². The number of amides is 1. The van der Waals surface area contributed by atoms with E-state index in [1.54, 1.807) is 0 Å². The third kappa shape index (κ3) is 2.01. The number of aryl methyl sites for hydroxylation is 1. The summed E-state index contributed by atoms with van der Waals surface area (Å²) in [4.78, 5) is 11.4. The van der Waals surface area contributed by atoms with Gasteiger partial charge < -0.3 is 5.32 Å². The van der Waals surface area contributed by atoms with Crippen LogP contribution in [0.1, 0.15) is 30.5 Å². The maximum absolute atomic E-state index is 11.4. The molecule has 0 radical (unpaired) electrons. The summed E-state index contributed by atoms with van der Waals surface area (Å²) >= 11 is 0. The van der Waals surface area contributed by atoms with E-state index in [9.17, 15) is 4.79 Å². The van der Waals surface area contributed by atoms with Gasteiger partial charge in [0.15, 0.2) is 0 Å². The van der Waals surface area contributed by atoms with Crippen molar-refractivity contribution in [3.63, 3.8) is 0 Å². The molecular weight excluding hydrogens is 198 g/mol. The smallest absolute Gasteiger partial charge is 0.243 e. The lowest BCUT2D eigenvalue weighted by Crippen LogP contribution is -2.34. The van der Waals surface area contributed by atoms with Gasteiger partial charge in [-0.1, -0.05) is 37.8 Å². The molecule has 0 aliphatic heterocycles. The van der Waals surface area contributed by atoms with Crippen LogP contribution in [0.3, 0.4) is 0 Å². The Labute approximate surface area is 96.4 Å². The molecule has 0 saturated heterocycles. The summed E-state index contributed by atoms with van der Waals surface area (Å²) in [6, 6.07) is 8.48. The summed E-state index contributed by atoms with van der Waals surface area (Å²) < 4.78 is 0. The number of benzene rings is 1. The second kappa shape index (κ2) is 4.52. The summed E-state index contributed by atoms with van der Waals surface area (Å²) in [5.74, 6) is 0.396. The van der Waals surface area contributed by atoms with E-state index in [1.165, 1.54) is 17.2 Å². The molecule has 0 fully saturated rings. The molecule has 0 aromatic heterocycles. The van der Waals surface area contributed by atoms with Crippen LogP contribution in [0.25, 0.3) is 0 Å². The Morgan fingerprint density at radius 3 is 3.00 bits per heavy atom. The molecule has 2 unspecified atom stereocenters. The summed E-state index contributed by atoms with van der Waals surface area (Å²) in [5, 5.41) is 3.02. The zero-order valence-corrected chi connectivity index (χ0v) is 9.57. The molecule has 1 aromatic rings. The Hall–Kier alpha value is -1.57. The van der Waals surface area contributed by atoms with Crippen LogP contribution in [-0.4, -0.2) is 5.91 Å². The van der Waals surface area contributed by atoms with Crippen LogP contribution in [0.4, 0.5) is 0 Å². The molecule has 1 aliphatic carbocycles. The largest absolute Gasteiger partial charge is 0.345 e. The maximum atomic E-state index is 11.4. The summed E-state index contributed by atoms with van der Waals surface area (Å²) in [6.45, 7) is 5.68. The number of carbonyl (C=O) groups is 1. The van der Waals surface area contributed by atoms with E-state index in [2.05, 4.69) is 37.0 Å². The van der Waals surface area contributed by atoms with Crippen molar-refractivity contribution in [2.45, 2.75) is 25.8 Å². The summed E-state index contributed by atoms with van der Waals surface area (Å²) in [7, 11) is 0. The standard InChI is InChI=1S/C14H17NO/c1-3-13(16)15-14-10(2)8-9-11-6-4-5-7-12(11)14/h3-7,10,14H,1,8-9H2,2H3,(H,15,16). The minimum Gasteiger partial charge on any atom is -0.345 e. The van der Waals surface area contributed by atoms with Crippen molar-refractivity contribution in [3.05, 3.63) is 48.0 Å². The normalized spacial score (nSPS) is 23.3. The Morgan fingerprint density at radius 2 is 2.25 bits per heavy atom. The summed E-state index contributed by atoms with van der Waals surface area (Å²) in [6.07, 6.45) is 3.57. The van der Waals surface area contributed by atoms with Crippen molar-refractivity contribution in [1.82, 2.24) is 5.32 Å². The SMILES string of the molecule is C=CC(=O)NC1c2ccccc2CCC1C. The lowest BCUT2D eigenvalue weighted by atomic mass is 9.81. The highest BCUT2D eigenvalue weighted by atomic mass is 16.1. The van der Waals surface area contributed by atoms with Crippen LogP contribution >= 0.6 is 0 Å². The molecule has 0 spiro atoms. The lowest BCUT2D eigenvalue weighted by Gasteiger charge is -2.31. The van der Waals surface area contributed by atoms with Crippen molar-refractivity contribution in [2.24, 2.45) is 5.92 Å². The van der Waals surface area contributed by atoms with E-state index in [-0.39, 0.29) is 11.9 Å². The predicted molar refractivity (Wildman–Crippen MR) is 65.0 cm³/mol. The first-order valence-corrected chi connectivity index (χ1v) is 5.73. The van der Waals surface area contributed by atoms with Crippen molar-refractivity contribution in [2.75, 3.05) is 0 Å². The maximum Gasteiger partial charge on any atom is 0.243 e. The van der Waals surface area contributed by atoms with Gasteiger partial charge in [-0.05, 0) is 36.0 Å². The fourth-order valence-electron chi connectivity index (χ4n) is 2.35. The second-order valence-corrected chi connectivity index (χ2v) is 4.41. The second-order valence-electron chi connectivity index (χ2n) is 4.41. The van der Waals surface area contributed by atoms with Gasteiger partial charge in [-0.3, -0.25) is 4.79 Å². The van der Waals surface area contributed by atoms with Crippen LogP contribution in [0, 0.1) is 5.92 Å². The molecule has 0 saturated carbocycles. The molecule has 84 valence electrons. The van der Waals surface area contributed by atoms with Crippen molar-refractivity contribution in [1.29, 1.82) is 0 Å². The predicted octanol–water partition coefficient (Wildman–Crippen LogP) is 2.61. The average molecular weight is 215 g/mol. The van der Waals surface area contributed by atoms with Gasteiger partial charge in [0.2, 0.25) is 5.91 Å². The molecule has 2 atom stereocenters. The molecule has 0 heterocycles. The Morgan fingerprint density at radius 1 is 1.50 bits per heavy atom. The first-order chi connectivity index (χ1) is 7.72. The molecular formula is C14H17NO. The Balaban J connectivity index is 2.29. The molecule has 2 nitrogen and oxygen atoms in total. The van der Waals surface area contributed by atoms with E-state index in [0.29, 0.717) is 5.92 Å². The van der Waals surface area contributed by atoms with Gasteiger partial charge in [0.25, 0.3) is 0 Å². The van der Waals surface area contributed by atoms with Gasteiger partial charge in [0, 0.05) is 0 Å². The van der Waals surface area contributed by atoms with E-state index in [4.69, 9.17) is 0 Å². The molecule has 1 aromatic carbocycles. The van der Waals surface area contributed by atoms with Gasteiger partial charge in [-0.2, -0.15) is 0 Å². The van der Waals surface area contributed by atoms with E-state index >= 15 is 0 Å². The van der Waals surface area contributed by atoms with Crippen LogP contribution in [0.5, 0.6) is 0 Å². The van der Waals surface area contributed by atoms with Gasteiger partial charge in [-0.15, -0.1) is 0 Å². The zero-order valence-electron chi connectivity index (χ0n) is 9.57.